The summed E-state index contributed by atoms with van der Waals surface area (Å²) < 4.78 is 20.5. The number of esters is 1. The zero-order valence-electron chi connectivity index (χ0n) is 22.1. The maximum atomic E-state index is 13.2. The van der Waals surface area contributed by atoms with Crippen LogP contribution in [-0.2, 0) is 34.9 Å². The van der Waals surface area contributed by atoms with Gasteiger partial charge in [0.25, 0.3) is 0 Å². The Morgan fingerprint density at radius 3 is 2.24 bits per heavy atom. The van der Waals surface area contributed by atoms with Gasteiger partial charge in [0.2, 0.25) is 11.8 Å². The number of ether oxygens (including phenoxy) is 3. The predicted molar refractivity (Wildman–Crippen MR) is 144 cm³/mol. The first-order chi connectivity index (χ1) is 17.7. The predicted octanol–water partition coefficient (Wildman–Crippen LogP) is 1.15. The minimum absolute atomic E-state index is 0.0775. The molecule has 0 saturated carbocycles. The Morgan fingerprint density at radius 2 is 1.68 bits per heavy atom. The van der Waals surface area contributed by atoms with Crippen LogP contribution in [0.1, 0.15) is 25.8 Å². The maximum absolute atomic E-state index is 13.2. The Labute approximate surface area is 219 Å². The van der Waals surface area contributed by atoms with Crippen molar-refractivity contribution in [2.75, 3.05) is 26.9 Å². The third kappa shape index (κ3) is 12.3. The van der Waals surface area contributed by atoms with E-state index in [-0.39, 0.29) is 25.6 Å². The van der Waals surface area contributed by atoms with Crippen molar-refractivity contribution < 1.29 is 33.2 Å². The SMILES string of the molecule is BOC=N[C@@H](Cc1ccc(OCC=C)cc1)C(=O)N[C@@H](CC(C)C)C(=O)N[C@@H](COCC=C)C(=O)OC. The average Bonchev–Trinajstić information content (AvgIpc) is 2.88. The number of aliphatic imine (C=N–C) groups is 1. The van der Waals surface area contributed by atoms with Crippen molar-refractivity contribution >= 4 is 32.2 Å². The van der Waals surface area contributed by atoms with Crippen LogP contribution in [0.25, 0.3) is 0 Å². The average molecular weight is 515 g/mol. The highest BCUT2D eigenvalue weighted by molar-refractivity contribution is 6.02. The van der Waals surface area contributed by atoms with Crippen molar-refractivity contribution in [3.8, 4) is 5.75 Å². The van der Waals surface area contributed by atoms with Crippen molar-refractivity contribution in [2.45, 2.75) is 44.8 Å². The fraction of sp³-hybridized carbons (Fsp3) is 0.462. The Kier molecular flexibility index (Phi) is 15.1. The summed E-state index contributed by atoms with van der Waals surface area (Å²) >= 11 is 0. The highest BCUT2D eigenvalue weighted by Crippen LogP contribution is 2.15. The molecule has 1 aromatic rings. The molecule has 0 spiro atoms. The quantitative estimate of drug-likeness (QED) is 0.0751. The van der Waals surface area contributed by atoms with Gasteiger partial charge in [0.1, 0.15) is 24.4 Å². The molecule has 3 atom stereocenters. The van der Waals surface area contributed by atoms with Crippen molar-refractivity contribution in [1.82, 2.24) is 10.6 Å². The van der Waals surface area contributed by atoms with Crippen LogP contribution >= 0.6 is 0 Å². The van der Waals surface area contributed by atoms with E-state index in [0.29, 0.717) is 18.8 Å². The summed E-state index contributed by atoms with van der Waals surface area (Å²) in [6, 6.07) is 4.47. The third-order valence-corrected chi connectivity index (χ3v) is 5.03. The molecule has 2 N–H and O–H groups in total. The summed E-state index contributed by atoms with van der Waals surface area (Å²) in [5, 5.41) is 5.40. The number of rotatable bonds is 18. The van der Waals surface area contributed by atoms with Crippen LogP contribution in [0.4, 0.5) is 0 Å². The molecule has 0 heterocycles. The molecule has 0 unspecified atom stereocenters. The van der Waals surface area contributed by atoms with Crippen LogP contribution in [0.3, 0.4) is 0 Å². The fourth-order valence-corrected chi connectivity index (χ4v) is 3.27. The zero-order valence-corrected chi connectivity index (χ0v) is 22.1. The van der Waals surface area contributed by atoms with E-state index in [2.05, 4.69) is 28.8 Å². The van der Waals surface area contributed by atoms with E-state index in [1.807, 2.05) is 26.0 Å². The molecule has 1 aromatic carbocycles. The van der Waals surface area contributed by atoms with Gasteiger partial charge in [-0.3, -0.25) is 9.59 Å². The van der Waals surface area contributed by atoms with E-state index < -0.39 is 35.9 Å². The molecule has 202 valence electrons. The Hall–Kier alpha value is -3.60. The highest BCUT2D eigenvalue weighted by atomic mass is 16.5. The summed E-state index contributed by atoms with van der Waals surface area (Å²) in [4.78, 5) is 42.7. The number of carbonyl (C=O) groups excluding carboxylic acids is 3. The molecular formula is C26H38BN3O7. The summed E-state index contributed by atoms with van der Waals surface area (Å²) in [7, 11) is 2.65. The van der Waals surface area contributed by atoms with Gasteiger partial charge in [-0.2, -0.15) is 0 Å². The molecule has 0 bridgehead atoms. The molecule has 1 rings (SSSR count). The molecular weight excluding hydrogens is 477 g/mol. The second-order valence-corrected chi connectivity index (χ2v) is 8.55. The number of benzene rings is 1. The van der Waals surface area contributed by atoms with Crippen LogP contribution in [-0.4, -0.2) is 77.3 Å². The van der Waals surface area contributed by atoms with Gasteiger partial charge >= 0.3 is 14.0 Å². The number of nitrogens with one attached hydrogen (secondary N) is 2. The minimum Gasteiger partial charge on any atom is -0.560 e. The molecule has 0 aliphatic rings. The standard InChI is InChI=1S/C26H38BN3O7/c1-6-12-35-16-23(26(33)34-5)30-25(32)22(14-18(3)4)29-24(31)21(28-17-37-27)15-19-8-10-20(11-9-19)36-13-7-2/h6-11,17-18,21-23H,1-2,12-16,27H2,3-5H3,(H,29,31)(H,30,32)/t21-,22-,23-/m0/s1. The van der Waals surface area contributed by atoms with Gasteiger partial charge in [0, 0.05) is 6.42 Å². The van der Waals surface area contributed by atoms with E-state index in [1.54, 1.807) is 18.2 Å². The van der Waals surface area contributed by atoms with Crippen molar-refractivity contribution in [2.24, 2.45) is 10.9 Å². The first-order valence-electron chi connectivity index (χ1n) is 12.0. The van der Waals surface area contributed by atoms with Crippen molar-refractivity contribution in [3.05, 3.63) is 55.1 Å². The molecule has 11 heteroatoms. The topological polar surface area (TPSA) is 125 Å². The lowest BCUT2D eigenvalue weighted by Crippen LogP contribution is -2.55. The maximum Gasteiger partial charge on any atom is 0.330 e. The van der Waals surface area contributed by atoms with E-state index in [4.69, 9.17) is 18.9 Å². The highest BCUT2D eigenvalue weighted by Gasteiger charge is 2.30. The number of hydrogen-bond donors (Lipinski definition) is 2. The lowest BCUT2D eigenvalue weighted by Gasteiger charge is -2.24. The number of methoxy groups -OCH3 is 1. The number of nitrogens with zero attached hydrogens (tertiary/aromatic N) is 1. The van der Waals surface area contributed by atoms with Gasteiger partial charge in [-0.05, 0) is 30.0 Å². The lowest BCUT2D eigenvalue weighted by molar-refractivity contribution is -0.147. The van der Waals surface area contributed by atoms with Gasteiger partial charge < -0.3 is 29.5 Å². The monoisotopic (exact) mass is 515 g/mol. The number of carbonyl (C=O) groups is 3. The zero-order chi connectivity index (χ0) is 27.6. The molecule has 37 heavy (non-hydrogen) atoms. The van der Waals surface area contributed by atoms with Gasteiger partial charge in [0.15, 0.2) is 12.4 Å². The molecule has 0 aliphatic carbocycles. The lowest BCUT2D eigenvalue weighted by atomic mass is 10.0. The van der Waals surface area contributed by atoms with Crippen LogP contribution in [0, 0.1) is 5.92 Å². The van der Waals surface area contributed by atoms with Crippen LogP contribution in [0.15, 0.2) is 54.6 Å². The third-order valence-electron chi connectivity index (χ3n) is 5.03. The number of hydrogen-bond acceptors (Lipinski definition) is 8. The second kappa shape index (κ2) is 17.8. The van der Waals surface area contributed by atoms with Crippen molar-refractivity contribution in [3.63, 3.8) is 0 Å². The van der Waals surface area contributed by atoms with Gasteiger partial charge in [-0.25, -0.2) is 9.79 Å². The Balaban J connectivity index is 3.00. The van der Waals surface area contributed by atoms with Crippen LogP contribution in [0.5, 0.6) is 5.75 Å². The minimum atomic E-state index is -1.03. The number of amides is 2. The van der Waals surface area contributed by atoms with E-state index in [9.17, 15) is 14.4 Å². The Bertz CT molecular complexity index is 906. The summed E-state index contributed by atoms with van der Waals surface area (Å²) in [6.45, 7) is 11.5. The molecule has 0 aliphatic heterocycles. The van der Waals surface area contributed by atoms with E-state index >= 15 is 0 Å². The summed E-state index contributed by atoms with van der Waals surface area (Å²) in [6.07, 6.45) is 4.98. The van der Waals surface area contributed by atoms with Gasteiger partial charge in [-0.1, -0.05) is 44.7 Å². The largest absolute Gasteiger partial charge is 0.560 e. The molecule has 0 saturated heterocycles. The van der Waals surface area contributed by atoms with E-state index in [0.717, 1.165) is 5.56 Å². The molecule has 0 radical (unpaired) electrons. The normalized spacial score (nSPS) is 13.3. The van der Waals surface area contributed by atoms with Crippen molar-refractivity contribution in [1.29, 1.82) is 0 Å². The summed E-state index contributed by atoms with van der Waals surface area (Å²) in [5.41, 5.74) is 0.842. The molecule has 2 amide bonds. The molecule has 10 nitrogen and oxygen atoms in total. The molecule has 0 fully saturated rings. The summed E-state index contributed by atoms with van der Waals surface area (Å²) in [5.74, 6) is -0.892. The fourth-order valence-electron chi connectivity index (χ4n) is 3.27. The molecule has 0 aromatic heterocycles. The second-order valence-electron chi connectivity index (χ2n) is 8.55. The van der Waals surface area contributed by atoms with Crippen LogP contribution < -0.4 is 15.4 Å². The van der Waals surface area contributed by atoms with Crippen LogP contribution in [0.2, 0.25) is 0 Å². The first-order valence-corrected chi connectivity index (χ1v) is 12.0. The first kappa shape index (κ1) is 31.4. The van der Waals surface area contributed by atoms with Gasteiger partial charge in [-0.15, -0.1) is 6.58 Å². The van der Waals surface area contributed by atoms with E-state index in [1.165, 1.54) is 27.6 Å². The van der Waals surface area contributed by atoms with Gasteiger partial charge in [0.05, 0.1) is 20.3 Å². The Morgan fingerprint density at radius 1 is 1.03 bits per heavy atom. The smallest absolute Gasteiger partial charge is 0.330 e.